The van der Waals surface area contributed by atoms with Crippen molar-refractivity contribution in [3.8, 4) is 0 Å². The van der Waals surface area contributed by atoms with Crippen molar-refractivity contribution in [2.45, 2.75) is 25.9 Å². The molecule has 0 amide bonds. The second-order valence-corrected chi connectivity index (χ2v) is 7.76. The van der Waals surface area contributed by atoms with Crippen LogP contribution in [0.2, 0.25) is 0 Å². The zero-order valence-electron chi connectivity index (χ0n) is 11.5. The summed E-state index contributed by atoms with van der Waals surface area (Å²) < 4.78 is 5.39. The van der Waals surface area contributed by atoms with Gasteiger partial charge in [-0.25, -0.2) is 0 Å². The zero-order chi connectivity index (χ0) is 14.9. The number of benzene rings is 1. The smallest absolute Gasteiger partial charge is 0.0768 e. The van der Waals surface area contributed by atoms with Gasteiger partial charge in [0.25, 0.3) is 0 Å². The molecule has 1 N–H and O–H groups in total. The predicted molar refractivity (Wildman–Crippen MR) is 98.1 cm³/mol. The Balaban J connectivity index is 2.58. The molecule has 108 valence electrons. The van der Waals surface area contributed by atoms with E-state index in [0.29, 0.717) is 6.04 Å². The molecule has 0 saturated heterocycles. The highest BCUT2D eigenvalue weighted by Gasteiger charge is 2.23. The van der Waals surface area contributed by atoms with Crippen molar-refractivity contribution < 1.29 is 0 Å². The maximum atomic E-state index is 4.47. The summed E-state index contributed by atoms with van der Waals surface area (Å²) >= 11 is 9.62. The lowest BCUT2D eigenvalue weighted by atomic mass is 10.0. The Bertz CT molecular complexity index is 610. The molecule has 0 radical (unpaired) electrons. The van der Waals surface area contributed by atoms with Crippen molar-refractivity contribution in [2.24, 2.45) is 0 Å². The Hall–Kier alpha value is 0.0800. The second kappa shape index (κ2) is 6.89. The number of halogens is 3. The van der Waals surface area contributed by atoms with Gasteiger partial charge in [-0.3, -0.25) is 4.68 Å². The summed E-state index contributed by atoms with van der Waals surface area (Å²) in [6.45, 7) is 4.28. The third-order valence-corrected chi connectivity index (χ3v) is 5.11. The molecule has 0 aliphatic rings. The first-order valence-corrected chi connectivity index (χ1v) is 8.97. The summed E-state index contributed by atoms with van der Waals surface area (Å²) in [6, 6.07) is 6.77. The minimum Gasteiger partial charge on any atom is -0.308 e. The number of rotatable bonds is 4. The molecule has 3 nitrogen and oxygen atoms in total. The molecule has 0 fully saturated rings. The fraction of sp³-hybridized carbons (Fsp3) is 0.357. The minimum absolute atomic E-state index is 0.0818. The average Bonchev–Trinajstić information content (AvgIpc) is 2.77. The van der Waals surface area contributed by atoms with E-state index >= 15 is 0 Å². The molecule has 0 aliphatic carbocycles. The molecule has 20 heavy (non-hydrogen) atoms. The van der Waals surface area contributed by atoms with E-state index in [2.05, 4.69) is 102 Å². The summed E-state index contributed by atoms with van der Waals surface area (Å²) in [7, 11) is 1.97. The molecule has 1 unspecified atom stereocenters. The molecule has 2 rings (SSSR count). The van der Waals surface area contributed by atoms with Gasteiger partial charge in [0, 0.05) is 14.1 Å². The molecule has 1 aromatic heterocycles. The van der Waals surface area contributed by atoms with Gasteiger partial charge in [-0.15, -0.1) is 0 Å². The van der Waals surface area contributed by atoms with Crippen LogP contribution in [0.25, 0.3) is 0 Å². The van der Waals surface area contributed by atoms with Gasteiger partial charge in [0.1, 0.15) is 0 Å². The van der Waals surface area contributed by atoms with Crippen molar-refractivity contribution in [3.05, 3.63) is 48.2 Å². The molecule has 1 atom stereocenters. The standard InChI is InChI=1S/C14H16Br2IN3/c1-8(2)20-14(12(16)7-19-20)13(18-3)10-6-9(17)4-5-11(10)15/h4-8,13,18H,1-3H3. The van der Waals surface area contributed by atoms with Crippen LogP contribution in [0, 0.1) is 3.57 Å². The van der Waals surface area contributed by atoms with Crippen LogP contribution in [0.3, 0.4) is 0 Å². The quantitative estimate of drug-likeness (QED) is 0.590. The first kappa shape index (κ1) is 16.5. The predicted octanol–water partition coefficient (Wildman–Crippen LogP) is 4.90. The molecular formula is C14H16Br2IN3. The number of nitrogens with one attached hydrogen (secondary N) is 1. The number of hydrogen-bond donors (Lipinski definition) is 1. The van der Waals surface area contributed by atoms with E-state index in [4.69, 9.17) is 0 Å². The molecule has 0 aliphatic heterocycles. The van der Waals surface area contributed by atoms with E-state index in [0.717, 1.165) is 14.6 Å². The average molecular weight is 513 g/mol. The van der Waals surface area contributed by atoms with Gasteiger partial charge in [-0.05, 0) is 83.2 Å². The molecule has 0 spiro atoms. The molecule has 1 aromatic carbocycles. The van der Waals surface area contributed by atoms with Crippen molar-refractivity contribution in [1.29, 1.82) is 0 Å². The summed E-state index contributed by atoms with van der Waals surface area (Å²) in [5.74, 6) is 0. The number of hydrogen-bond acceptors (Lipinski definition) is 2. The zero-order valence-corrected chi connectivity index (χ0v) is 16.8. The minimum atomic E-state index is 0.0818. The van der Waals surface area contributed by atoms with Crippen molar-refractivity contribution >= 4 is 54.5 Å². The van der Waals surface area contributed by atoms with Gasteiger partial charge < -0.3 is 5.32 Å². The molecule has 6 heteroatoms. The Kier molecular flexibility index (Phi) is 5.67. The van der Waals surface area contributed by atoms with E-state index in [9.17, 15) is 0 Å². The fourth-order valence-electron chi connectivity index (χ4n) is 2.21. The Labute approximate surface area is 149 Å². The van der Waals surface area contributed by atoms with Gasteiger partial charge in [0.05, 0.1) is 22.4 Å². The maximum Gasteiger partial charge on any atom is 0.0768 e. The Morgan fingerprint density at radius 1 is 1.25 bits per heavy atom. The lowest BCUT2D eigenvalue weighted by molar-refractivity contribution is 0.482. The second-order valence-electron chi connectivity index (χ2n) is 4.80. The van der Waals surface area contributed by atoms with Crippen LogP contribution in [-0.4, -0.2) is 16.8 Å². The van der Waals surface area contributed by atoms with Crippen molar-refractivity contribution in [2.75, 3.05) is 7.05 Å². The van der Waals surface area contributed by atoms with Crippen LogP contribution in [-0.2, 0) is 0 Å². The van der Waals surface area contributed by atoms with Crippen LogP contribution in [0.1, 0.15) is 37.2 Å². The molecule has 2 aromatic rings. The number of aromatic nitrogens is 2. The maximum absolute atomic E-state index is 4.47. The highest BCUT2D eigenvalue weighted by Crippen LogP contribution is 2.34. The Morgan fingerprint density at radius 3 is 2.55 bits per heavy atom. The molecular weight excluding hydrogens is 497 g/mol. The van der Waals surface area contributed by atoms with Crippen LogP contribution in [0.4, 0.5) is 0 Å². The van der Waals surface area contributed by atoms with Gasteiger partial charge in [-0.2, -0.15) is 5.10 Å². The SMILES string of the molecule is CNC(c1cc(I)ccc1Br)c1c(Br)cnn1C(C)C. The monoisotopic (exact) mass is 511 g/mol. The van der Waals surface area contributed by atoms with Gasteiger partial charge in [-0.1, -0.05) is 15.9 Å². The van der Waals surface area contributed by atoms with Crippen molar-refractivity contribution in [1.82, 2.24) is 15.1 Å². The normalized spacial score (nSPS) is 12.9. The molecule has 0 saturated carbocycles. The molecule has 0 bridgehead atoms. The topological polar surface area (TPSA) is 29.9 Å². The van der Waals surface area contributed by atoms with E-state index in [1.165, 1.54) is 9.13 Å². The summed E-state index contributed by atoms with van der Waals surface area (Å²) in [5, 5.41) is 7.88. The van der Waals surface area contributed by atoms with E-state index < -0.39 is 0 Å². The summed E-state index contributed by atoms with van der Waals surface area (Å²) in [6.07, 6.45) is 1.86. The lowest BCUT2D eigenvalue weighted by Gasteiger charge is -2.22. The lowest BCUT2D eigenvalue weighted by Crippen LogP contribution is -2.23. The number of nitrogens with zero attached hydrogens (tertiary/aromatic N) is 2. The van der Waals surface area contributed by atoms with E-state index in [-0.39, 0.29) is 6.04 Å². The largest absolute Gasteiger partial charge is 0.308 e. The highest BCUT2D eigenvalue weighted by atomic mass is 127. The summed E-state index contributed by atoms with van der Waals surface area (Å²) in [4.78, 5) is 0. The van der Waals surface area contributed by atoms with Crippen molar-refractivity contribution in [3.63, 3.8) is 0 Å². The van der Waals surface area contributed by atoms with Crippen LogP contribution >= 0.6 is 54.5 Å². The van der Waals surface area contributed by atoms with Gasteiger partial charge >= 0.3 is 0 Å². The Morgan fingerprint density at radius 2 is 1.95 bits per heavy atom. The van der Waals surface area contributed by atoms with E-state index in [1.54, 1.807) is 0 Å². The highest BCUT2D eigenvalue weighted by molar-refractivity contribution is 14.1. The first-order chi connectivity index (χ1) is 9.45. The summed E-state index contributed by atoms with van der Waals surface area (Å²) in [5.41, 5.74) is 2.35. The van der Waals surface area contributed by atoms with Crippen LogP contribution < -0.4 is 5.32 Å². The van der Waals surface area contributed by atoms with Crippen LogP contribution in [0.5, 0.6) is 0 Å². The third kappa shape index (κ3) is 3.28. The van der Waals surface area contributed by atoms with E-state index in [1.807, 2.05) is 13.2 Å². The molecule has 1 heterocycles. The first-order valence-electron chi connectivity index (χ1n) is 6.30. The fourth-order valence-corrected chi connectivity index (χ4v) is 3.70. The van der Waals surface area contributed by atoms with Gasteiger partial charge in [0.15, 0.2) is 0 Å². The van der Waals surface area contributed by atoms with Gasteiger partial charge in [0.2, 0.25) is 0 Å². The third-order valence-electron chi connectivity index (χ3n) is 3.11. The van der Waals surface area contributed by atoms with Crippen LogP contribution in [0.15, 0.2) is 33.3 Å².